The second kappa shape index (κ2) is 5.81. The number of benzene rings is 1. The van der Waals surface area contributed by atoms with Gasteiger partial charge in [0.05, 0.1) is 0 Å². The zero-order valence-electron chi connectivity index (χ0n) is 12.3. The molecule has 20 heavy (non-hydrogen) atoms. The van der Waals surface area contributed by atoms with E-state index in [0.29, 0.717) is 5.92 Å². The van der Waals surface area contributed by atoms with E-state index < -0.39 is 0 Å². The molecule has 0 bridgehead atoms. The summed E-state index contributed by atoms with van der Waals surface area (Å²) in [5.74, 6) is 0.434. The lowest BCUT2D eigenvalue weighted by Gasteiger charge is -2.34. The molecule has 0 spiro atoms. The largest absolute Gasteiger partial charge is 0.172 e. The molecular weight excluding hydrogens is 260 g/mol. The summed E-state index contributed by atoms with van der Waals surface area (Å²) in [4.78, 5) is 0. The van der Waals surface area contributed by atoms with Gasteiger partial charge in [-0.15, -0.1) is 0 Å². The SMILES string of the molecule is CC1(S)CCC=CC1c1cccc(C2=CCCCC2)c1. The van der Waals surface area contributed by atoms with Crippen LogP contribution in [-0.2, 0) is 0 Å². The van der Waals surface area contributed by atoms with Gasteiger partial charge in [-0.25, -0.2) is 0 Å². The van der Waals surface area contributed by atoms with Crippen LogP contribution >= 0.6 is 12.6 Å². The molecule has 0 saturated carbocycles. The molecule has 1 aromatic rings. The summed E-state index contributed by atoms with van der Waals surface area (Å²) in [7, 11) is 0. The van der Waals surface area contributed by atoms with Gasteiger partial charge in [-0.05, 0) is 62.1 Å². The molecule has 0 nitrogen and oxygen atoms in total. The molecule has 0 aliphatic heterocycles. The highest BCUT2D eigenvalue weighted by Gasteiger charge is 2.31. The molecule has 2 unspecified atom stereocenters. The van der Waals surface area contributed by atoms with Crippen molar-refractivity contribution >= 4 is 18.2 Å². The maximum atomic E-state index is 4.92. The van der Waals surface area contributed by atoms with Crippen molar-refractivity contribution in [3.63, 3.8) is 0 Å². The molecule has 0 amide bonds. The van der Waals surface area contributed by atoms with Gasteiger partial charge in [0.2, 0.25) is 0 Å². The molecule has 0 saturated heterocycles. The molecule has 1 heteroatoms. The van der Waals surface area contributed by atoms with Crippen LogP contribution in [0, 0.1) is 0 Å². The summed E-state index contributed by atoms with van der Waals surface area (Å²) >= 11 is 4.92. The first-order valence-electron chi connectivity index (χ1n) is 7.85. The number of hydrogen-bond donors (Lipinski definition) is 1. The predicted octanol–water partition coefficient (Wildman–Crippen LogP) is 5.77. The molecule has 0 radical (unpaired) electrons. The van der Waals surface area contributed by atoms with E-state index in [4.69, 9.17) is 12.6 Å². The zero-order valence-corrected chi connectivity index (χ0v) is 13.2. The first kappa shape index (κ1) is 14.0. The van der Waals surface area contributed by atoms with E-state index in [1.165, 1.54) is 36.8 Å². The second-order valence-corrected chi connectivity index (χ2v) is 7.42. The molecular formula is C19H24S. The van der Waals surface area contributed by atoms with E-state index >= 15 is 0 Å². The van der Waals surface area contributed by atoms with E-state index in [-0.39, 0.29) is 4.75 Å². The van der Waals surface area contributed by atoms with E-state index in [1.54, 1.807) is 5.57 Å². The van der Waals surface area contributed by atoms with Crippen molar-refractivity contribution in [3.8, 4) is 0 Å². The van der Waals surface area contributed by atoms with Crippen LogP contribution < -0.4 is 0 Å². The summed E-state index contributed by atoms with van der Waals surface area (Å²) in [6, 6.07) is 9.14. The van der Waals surface area contributed by atoms with Gasteiger partial charge >= 0.3 is 0 Å². The Labute approximate surface area is 128 Å². The van der Waals surface area contributed by atoms with Crippen molar-refractivity contribution in [3.05, 3.63) is 53.6 Å². The molecule has 0 aromatic heterocycles. The monoisotopic (exact) mass is 284 g/mol. The van der Waals surface area contributed by atoms with Crippen molar-refractivity contribution in [1.29, 1.82) is 0 Å². The lowest BCUT2D eigenvalue weighted by atomic mass is 9.79. The quantitative estimate of drug-likeness (QED) is 0.517. The standard InChI is InChI=1S/C19H24S/c1-19(20)13-6-5-12-18(19)17-11-7-10-16(14-17)15-8-3-2-4-9-15/h5,7-8,10-12,14,18,20H,2-4,6,9,13H2,1H3. The highest BCUT2D eigenvalue weighted by atomic mass is 32.1. The minimum atomic E-state index is 0.0777. The summed E-state index contributed by atoms with van der Waals surface area (Å²) in [5, 5.41) is 0. The molecule has 0 heterocycles. The van der Waals surface area contributed by atoms with Crippen LogP contribution in [0.25, 0.3) is 5.57 Å². The van der Waals surface area contributed by atoms with Gasteiger partial charge in [0.15, 0.2) is 0 Å². The molecule has 0 fully saturated rings. The number of rotatable bonds is 2. The molecule has 2 aliphatic carbocycles. The summed E-state index contributed by atoms with van der Waals surface area (Å²) in [5.41, 5.74) is 4.38. The van der Waals surface area contributed by atoms with Crippen LogP contribution in [0.4, 0.5) is 0 Å². The molecule has 3 rings (SSSR count). The Morgan fingerprint density at radius 3 is 2.85 bits per heavy atom. The van der Waals surface area contributed by atoms with E-state index in [0.717, 1.165) is 12.8 Å². The molecule has 2 aliphatic rings. The Morgan fingerprint density at radius 1 is 1.20 bits per heavy atom. The van der Waals surface area contributed by atoms with E-state index in [9.17, 15) is 0 Å². The molecule has 106 valence electrons. The minimum absolute atomic E-state index is 0.0777. The van der Waals surface area contributed by atoms with Crippen LogP contribution in [0.1, 0.15) is 62.5 Å². The molecule has 0 N–H and O–H groups in total. The Kier molecular flexibility index (Phi) is 4.07. The first-order valence-corrected chi connectivity index (χ1v) is 8.30. The second-order valence-electron chi connectivity index (χ2n) is 6.40. The third-order valence-corrected chi connectivity index (χ3v) is 5.22. The lowest BCUT2D eigenvalue weighted by Crippen LogP contribution is -2.27. The van der Waals surface area contributed by atoms with Gasteiger partial charge in [0.1, 0.15) is 0 Å². The normalized spacial score (nSPS) is 30.1. The van der Waals surface area contributed by atoms with E-state index in [1.807, 2.05) is 0 Å². The summed E-state index contributed by atoms with van der Waals surface area (Å²) in [6.07, 6.45) is 14.6. The van der Waals surface area contributed by atoms with Crippen LogP contribution in [0.3, 0.4) is 0 Å². The van der Waals surface area contributed by atoms with Crippen LogP contribution in [0.2, 0.25) is 0 Å². The van der Waals surface area contributed by atoms with E-state index in [2.05, 4.69) is 49.4 Å². The lowest BCUT2D eigenvalue weighted by molar-refractivity contribution is 0.523. The fraction of sp³-hybridized carbons (Fsp3) is 0.474. The van der Waals surface area contributed by atoms with Crippen LogP contribution in [-0.4, -0.2) is 4.75 Å². The Bertz CT molecular complexity index is 536. The topological polar surface area (TPSA) is 0 Å². The van der Waals surface area contributed by atoms with Crippen molar-refractivity contribution in [2.45, 2.75) is 56.1 Å². The van der Waals surface area contributed by atoms with Gasteiger partial charge in [-0.2, -0.15) is 12.6 Å². The van der Waals surface area contributed by atoms with Crippen LogP contribution in [0.5, 0.6) is 0 Å². The fourth-order valence-corrected chi connectivity index (χ4v) is 3.84. The number of allylic oxidation sites excluding steroid dienone is 4. The Hall–Kier alpha value is -0.950. The van der Waals surface area contributed by atoms with Gasteiger partial charge in [0, 0.05) is 10.7 Å². The highest BCUT2D eigenvalue weighted by Crippen LogP contribution is 2.42. The van der Waals surface area contributed by atoms with Gasteiger partial charge in [-0.3, -0.25) is 0 Å². The maximum Gasteiger partial charge on any atom is 0.0207 e. The van der Waals surface area contributed by atoms with Crippen molar-refractivity contribution in [2.24, 2.45) is 0 Å². The van der Waals surface area contributed by atoms with Crippen molar-refractivity contribution in [1.82, 2.24) is 0 Å². The maximum absolute atomic E-state index is 4.92. The van der Waals surface area contributed by atoms with Crippen LogP contribution in [0.15, 0.2) is 42.5 Å². The fourth-order valence-electron chi connectivity index (χ4n) is 3.47. The third kappa shape index (κ3) is 2.88. The number of thiol groups is 1. The predicted molar refractivity (Wildman–Crippen MR) is 91.4 cm³/mol. The average molecular weight is 284 g/mol. The highest BCUT2D eigenvalue weighted by molar-refractivity contribution is 7.81. The van der Waals surface area contributed by atoms with Crippen molar-refractivity contribution < 1.29 is 0 Å². The van der Waals surface area contributed by atoms with Gasteiger partial charge in [-0.1, -0.05) is 42.5 Å². The average Bonchev–Trinajstić information content (AvgIpc) is 2.48. The zero-order chi connectivity index (χ0) is 14.0. The smallest absolute Gasteiger partial charge is 0.0207 e. The number of hydrogen-bond acceptors (Lipinski definition) is 1. The Morgan fingerprint density at radius 2 is 2.10 bits per heavy atom. The first-order chi connectivity index (χ1) is 9.67. The summed E-state index contributed by atoms with van der Waals surface area (Å²) < 4.78 is 0.0777. The minimum Gasteiger partial charge on any atom is -0.172 e. The van der Waals surface area contributed by atoms with Crippen molar-refractivity contribution in [2.75, 3.05) is 0 Å². The van der Waals surface area contributed by atoms with Gasteiger partial charge < -0.3 is 0 Å². The molecule has 1 aromatic carbocycles. The third-order valence-electron chi connectivity index (χ3n) is 4.72. The van der Waals surface area contributed by atoms with Gasteiger partial charge in [0.25, 0.3) is 0 Å². The Balaban J connectivity index is 1.93. The molecule has 2 atom stereocenters. The summed E-state index contributed by atoms with van der Waals surface area (Å²) in [6.45, 7) is 2.27.